The lowest BCUT2D eigenvalue weighted by molar-refractivity contribution is 0.167. The summed E-state index contributed by atoms with van der Waals surface area (Å²) < 4.78 is 0. The molecule has 1 fully saturated rings. The summed E-state index contributed by atoms with van der Waals surface area (Å²) >= 11 is 0. The zero-order valence-corrected chi connectivity index (χ0v) is 11.5. The number of urea groups is 1. The lowest BCUT2D eigenvalue weighted by Crippen LogP contribution is -2.47. The van der Waals surface area contributed by atoms with Gasteiger partial charge in [0.15, 0.2) is 0 Å². The molecule has 2 amide bonds. The van der Waals surface area contributed by atoms with Crippen molar-refractivity contribution in [3.05, 3.63) is 0 Å². The van der Waals surface area contributed by atoms with Crippen LogP contribution in [0.2, 0.25) is 0 Å². The molecule has 0 aromatic heterocycles. The van der Waals surface area contributed by atoms with Crippen molar-refractivity contribution in [3.63, 3.8) is 0 Å². The highest BCUT2D eigenvalue weighted by Crippen LogP contribution is 2.16. The molecule has 0 aromatic carbocycles. The minimum atomic E-state index is 0.0972. The predicted octanol–water partition coefficient (Wildman–Crippen LogP) is 1.82. The van der Waals surface area contributed by atoms with Gasteiger partial charge in [-0.1, -0.05) is 6.92 Å². The summed E-state index contributed by atoms with van der Waals surface area (Å²) in [7, 11) is 0. The fourth-order valence-electron chi connectivity index (χ4n) is 2.16. The van der Waals surface area contributed by atoms with E-state index in [2.05, 4.69) is 17.6 Å². The summed E-state index contributed by atoms with van der Waals surface area (Å²) in [4.78, 5) is 13.7. The molecule has 0 aromatic rings. The highest BCUT2D eigenvalue weighted by molar-refractivity contribution is 5.74. The lowest BCUT2D eigenvalue weighted by Gasteiger charge is -2.32. The monoisotopic (exact) mass is 241 g/mol. The number of hydrogen-bond donors (Lipinski definition) is 2. The Morgan fingerprint density at radius 1 is 1.35 bits per heavy atom. The van der Waals surface area contributed by atoms with Crippen molar-refractivity contribution in [3.8, 4) is 0 Å². The van der Waals surface area contributed by atoms with E-state index in [1.807, 2.05) is 18.7 Å². The van der Waals surface area contributed by atoms with Crippen molar-refractivity contribution in [1.82, 2.24) is 15.5 Å². The van der Waals surface area contributed by atoms with Crippen LogP contribution in [0.1, 0.15) is 40.0 Å². The molecule has 0 saturated carbocycles. The first-order valence-corrected chi connectivity index (χ1v) is 6.89. The second kappa shape index (κ2) is 7.54. The standard InChI is InChI=1S/C13H27N3O/c1-4-7-14-10-12-5-8-16(9-6-12)13(17)15-11(2)3/h11-12,14H,4-10H2,1-3H3,(H,15,17). The van der Waals surface area contributed by atoms with E-state index in [1.54, 1.807) is 0 Å². The number of hydrogen-bond acceptors (Lipinski definition) is 2. The van der Waals surface area contributed by atoms with Crippen LogP contribution in [0.3, 0.4) is 0 Å². The summed E-state index contributed by atoms with van der Waals surface area (Å²) in [5.74, 6) is 0.740. The quantitative estimate of drug-likeness (QED) is 0.721. The molecular weight excluding hydrogens is 214 g/mol. The van der Waals surface area contributed by atoms with Crippen molar-refractivity contribution >= 4 is 6.03 Å². The molecule has 0 unspecified atom stereocenters. The molecule has 1 rings (SSSR count). The van der Waals surface area contributed by atoms with Crippen LogP contribution >= 0.6 is 0 Å². The molecule has 0 bridgehead atoms. The highest BCUT2D eigenvalue weighted by Gasteiger charge is 2.22. The fourth-order valence-corrected chi connectivity index (χ4v) is 2.16. The molecule has 4 heteroatoms. The lowest BCUT2D eigenvalue weighted by atomic mass is 9.97. The third kappa shape index (κ3) is 5.39. The summed E-state index contributed by atoms with van der Waals surface area (Å²) in [6.45, 7) is 10.2. The molecule has 1 aliphatic rings. The molecule has 0 aliphatic carbocycles. The molecule has 4 nitrogen and oxygen atoms in total. The number of likely N-dealkylation sites (tertiary alicyclic amines) is 1. The van der Waals surface area contributed by atoms with Crippen LogP contribution in [0.25, 0.3) is 0 Å². The summed E-state index contributed by atoms with van der Waals surface area (Å²) in [5.41, 5.74) is 0. The smallest absolute Gasteiger partial charge is 0.317 e. The first-order chi connectivity index (χ1) is 8.13. The van der Waals surface area contributed by atoms with Gasteiger partial charge in [-0.2, -0.15) is 0 Å². The normalized spacial score (nSPS) is 17.5. The van der Waals surface area contributed by atoms with Gasteiger partial charge in [-0.15, -0.1) is 0 Å². The Kier molecular flexibility index (Phi) is 6.34. The van der Waals surface area contributed by atoms with Gasteiger partial charge in [-0.05, 0) is 52.1 Å². The van der Waals surface area contributed by atoms with E-state index in [9.17, 15) is 4.79 Å². The second-order valence-corrected chi connectivity index (χ2v) is 5.24. The van der Waals surface area contributed by atoms with Gasteiger partial charge in [0.25, 0.3) is 0 Å². The fraction of sp³-hybridized carbons (Fsp3) is 0.923. The van der Waals surface area contributed by atoms with Gasteiger partial charge in [-0.25, -0.2) is 4.79 Å². The number of rotatable bonds is 5. The molecule has 1 heterocycles. The Labute approximate surface area is 105 Å². The first kappa shape index (κ1) is 14.3. The molecule has 0 spiro atoms. The van der Waals surface area contributed by atoms with Crippen molar-refractivity contribution < 1.29 is 4.79 Å². The average molecular weight is 241 g/mol. The van der Waals surface area contributed by atoms with E-state index >= 15 is 0 Å². The minimum absolute atomic E-state index is 0.0972. The summed E-state index contributed by atoms with van der Waals surface area (Å²) in [5, 5.41) is 6.41. The second-order valence-electron chi connectivity index (χ2n) is 5.24. The van der Waals surface area contributed by atoms with E-state index in [-0.39, 0.29) is 12.1 Å². The van der Waals surface area contributed by atoms with Crippen LogP contribution in [0, 0.1) is 5.92 Å². The van der Waals surface area contributed by atoms with Crippen LogP contribution < -0.4 is 10.6 Å². The number of amides is 2. The Hall–Kier alpha value is -0.770. The van der Waals surface area contributed by atoms with E-state index in [1.165, 1.54) is 6.42 Å². The van der Waals surface area contributed by atoms with Gasteiger partial charge in [0, 0.05) is 19.1 Å². The molecule has 17 heavy (non-hydrogen) atoms. The molecule has 1 aliphatic heterocycles. The topological polar surface area (TPSA) is 44.4 Å². The maximum absolute atomic E-state index is 11.8. The zero-order chi connectivity index (χ0) is 12.7. The number of piperidine rings is 1. The summed E-state index contributed by atoms with van der Waals surface area (Å²) in [6, 6.07) is 0.325. The van der Waals surface area contributed by atoms with Crippen LogP contribution in [0.15, 0.2) is 0 Å². The van der Waals surface area contributed by atoms with E-state index in [4.69, 9.17) is 0 Å². The van der Waals surface area contributed by atoms with Crippen molar-refractivity contribution in [2.45, 2.75) is 46.1 Å². The number of nitrogens with zero attached hydrogens (tertiary/aromatic N) is 1. The highest BCUT2D eigenvalue weighted by atomic mass is 16.2. The summed E-state index contributed by atoms with van der Waals surface area (Å²) in [6.07, 6.45) is 3.44. The zero-order valence-electron chi connectivity index (χ0n) is 11.5. The molecule has 2 N–H and O–H groups in total. The number of nitrogens with one attached hydrogen (secondary N) is 2. The van der Waals surface area contributed by atoms with Gasteiger partial charge < -0.3 is 15.5 Å². The molecule has 0 radical (unpaired) electrons. The van der Waals surface area contributed by atoms with Gasteiger partial charge in [0.2, 0.25) is 0 Å². The maximum atomic E-state index is 11.8. The first-order valence-electron chi connectivity index (χ1n) is 6.89. The van der Waals surface area contributed by atoms with Gasteiger partial charge in [0.05, 0.1) is 0 Å². The Morgan fingerprint density at radius 3 is 2.53 bits per heavy atom. The van der Waals surface area contributed by atoms with Crippen molar-refractivity contribution in [2.75, 3.05) is 26.2 Å². The van der Waals surface area contributed by atoms with Crippen molar-refractivity contribution in [2.24, 2.45) is 5.92 Å². The van der Waals surface area contributed by atoms with E-state index in [0.29, 0.717) is 0 Å². The van der Waals surface area contributed by atoms with Crippen molar-refractivity contribution in [1.29, 1.82) is 0 Å². The van der Waals surface area contributed by atoms with Gasteiger partial charge >= 0.3 is 6.03 Å². The van der Waals surface area contributed by atoms with E-state index in [0.717, 1.165) is 44.9 Å². The van der Waals surface area contributed by atoms with Gasteiger partial charge in [0.1, 0.15) is 0 Å². The largest absolute Gasteiger partial charge is 0.336 e. The number of carbonyl (C=O) groups is 1. The Morgan fingerprint density at radius 2 is 2.00 bits per heavy atom. The molecule has 100 valence electrons. The number of carbonyl (C=O) groups excluding carboxylic acids is 1. The third-order valence-corrected chi connectivity index (χ3v) is 3.17. The van der Waals surface area contributed by atoms with Gasteiger partial charge in [-0.3, -0.25) is 0 Å². The predicted molar refractivity (Wildman–Crippen MR) is 71.1 cm³/mol. The Bertz CT molecular complexity index is 223. The SMILES string of the molecule is CCCNCC1CCN(C(=O)NC(C)C)CC1. The third-order valence-electron chi connectivity index (χ3n) is 3.17. The van der Waals surface area contributed by atoms with Crippen LogP contribution in [0.5, 0.6) is 0 Å². The van der Waals surface area contributed by atoms with Crippen LogP contribution in [-0.4, -0.2) is 43.2 Å². The molecule has 1 saturated heterocycles. The average Bonchev–Trinajstić information content (AvgIpc) is 2.29. The molecule has 0 atom stereocenters. The van der Waals surface area contributed by atoms with Crippen LogP contribution in [-0.2, 0) is 0 Å². The maximum Gasteiger partial charge on any atom is 0.317 e. The minimum Gasteiger partial charge on any atom is -0.336 e. The van der Waals surface area contributed by atoms with Crippen LogP contribution in [0.4, 0.5) is 4.79 Å². The van der Waals surface area contributed by atoms with E-state index < -0.39 is 0 Å². The molecular formula is C13H27N3O. The Balaban J connectivity index is 2.18.